The summed E-state index contributed by atoms with van der Waals surface area (Å²) in [5.41, 5.74) is 1.25. The molecule has 1 amide bonds. The van der Waals surface area contributed by atoms with Gasteiger partial charge in [0.15, 0.2) is 0 Å². The number of halogens is 2. The van der Waals surface area contributed by atoms with Crippen molar-refractivity contribution in [1.82, 2.24) is 9.88 Å². The SMILES string of the molecule is Cl.O=C(c1ccncc1)N1CCN(c2ccccc2F)CC1. The highest BCUT2D eigenvalue weighted by atomic mass is 35.5. The zero-order chi connectivity index (χ0) is 14.7. The van der Waals surface area contributed by atoms with Crippen LogP contribution < -0.4 is 4.90 Å². The Bertz CT molecular complexity index is 630. The van der Waals surface area contributed by atoms with Crippen LogP contribution in [0.25, 0.3) is 0 Å². The molecule has 3 rings (SSSR count). The molecule has 0 spiro atoms. The Balaban J connectivity index is 0.00000176. The van der Waals surface area contributed by atoms with Gasteiger partial charge >= 0.3 is 0 Å². The van der Waals surface area contributed by atoms with E-state index in [9.17, 15) is 9.18 Å². The number of carbonyl (C=O) groups excluding carboxylic acids is 1. The fraction of sp³-hybridized carbons (Fsp3) is 0.250. The lowest BCUT2D eigenvalue weighted by Gasteiger charge is -2.36. The van der Waals surface area contributed by atoms with Crippen LogP contribution in [0.1, 0.15) is 10.4 Å². The third-order valence-electron chi connectivity index (χ3n) is 3.69. The van der Waals surface area contributed by atoms with E-state index in [1.807, 2.05) is 11.0 Å². The van der Waals surface area contributed by atoms with Crippen LogP contribution in [0.2, 0.25) is 0 Å². The van der Waals surface area contributed by atoms with Crippen LogP contribution in [0.5, 0.6) is 0 Å². The van der Waals surface area contributed by atoms with Gasteiger partial charge in [0, 0.05) is 44.1 Å². The van der Waals surface area contributed by atoms with Crippen molar-refractivity contribution in [3.63, 3.8) is 0 Å². The molecule has 0 unspecified atom stereocenters. The molecule has 0 N–H and O–H groups in total. The molecular formula is C16H17ClFN3O. The molecule has 0 bridgehead atoms. The van der Waals surface area contributed by atoms with Gasteiger partial charge in [0.25, 0.3) is 5.91 Å². The molecule has 2 heterocycles. The molecule has 1 saturated heterocycles. The highest BCUT2D eigenvalue weighted by molar-refractivity contribution is 5.94. The molecule has 0 radical (unpaired) electrons. The minimum absolute atomic E-state index is 0. The fourth-order valence-electron chi connectivity index (χ4n) is 2.54. The van der Waals surface area contributed by atoms with E-state index < -0.39 is 0 Å². The van der Waals surface area contributed by atoms with Gasteiger partial charge in [0.1, 0.15) is 5.82 Å². The molecule has 0 atom stereocenters. The second-order valence-electron chi connectivity index (χ2n) is 4.97. The predicted octanol–water partition coefficient (Wildman–Crippen LogP) is 2.60. The zero-order valence-corrected chi connectivity index (χ0v) is 12.8. The second-order valence-corrected chi connectivity index (χ2v) is 4.97. The number of benzene rings is 1. The van der Waals surface area contributed by atoms with E-state index in [-0.39, 0.29) is 24.1 Å². The molecule has 116 valence electrons. The van der Waals surface area contributed by atoms with E-state index in [0.29, 0.717) is 37.4 Å². The van der Waals surface area contributed by atoms with Crippen LogP contribution in [0.4, 0.5) is 10.1 Å². The number of para-hydroxylation sites is 1. The third kappa shape index (κ3) is 3.36. The first kappa shape index (κ1) is 16.2. The van der Waals surface area contributed by atoms with Gasteiger partial charge in [-0.15, -0.1) is 12.4 Å². The van der Waals surface area contributed by atoms with Gasteiger partial charge in [-0.2, -0.15) is 0 Å². The first-order valence-electron chi connectivity index (χ1n) is 6.94. The number of nitrogens with zero attached hydrogens (tertiary/aromatic N) is 3. The summed E-state index contributed by atoms with van der Waals surface area (Å²) in [5, 5.41) is 0. The smallest absolute Gasteiger partial charge is 0.254 e. The summed E-state index contributed by atoms with van der Waals surface area (Å²) < 4.78 is 13.8. The highest BCUT2D eigenvalue weighted by Gasteiger charge is 2.23. The molecule has 1 aliphatic heterocycles. The molecule has 1 aromatic carbocycles. The van der Waals surface area contributed by atoms with Crippen LogP contribution in [-0.2, 0) is 0 Å². The van der Waals surface area contributed by atoms with Gasteiger partial charge in [0.2, 0.25) is 0 Å². The molecule has 2 aromatic rings. The van der Waals surface area contributed by atoms with Gasteiger partial charge in [-0.3, -0.25) is 9.78 Å². The monoisotopic (exact) mass is 321 g/mol. The van der Waals surface area contributed by atoms with E-state index in [1.165, 1.54) is 6.07 Å². The first-order valence-corrected chi connectivity index (χ1v) is 6.94. The lowest BCUT2D eigenvalue weighted by Crippen LogP contribution is -2.49. The molecule has 1 aliphatic rings. The van der Waals surface area contributed by atoms with Gasteiger partial charge in [0.05, 0.1) is 5.69 Å². The van der Waals surface area contributed by atoms with E-state index in [1.54, 1.807) is 41.6 Å². The van der Waals surface area contributed by atoms with E-state index >= 15 is 0 Å². The average molecular weight is 322 g/mol. The van der Waals surface area contributed by atoms with Crippen LogP contribution in [-0.4, -0.2) is 42.0 Å². The third-order valence-corrected chi connectivity index (χ3v) is 3.69. The van der Waals surface area contributed by atoms with Gasteiger partial charge in [-0.1, -0.05) is 12.1 Å². The molecule has 1 aromatic heterocycles. The summed E-state index contributed by atoms with van der Waals surface area (Å²) in [4.78, 5) is 20.0. The summed E-state index contributed by atoms with van der Waals surface area (Å²) in [6.07, 6.45) is 3.23. The van der Waals surface area contributed by atoms with Crippen LogP contribution in [0, 0.1) is 5.82 Å². The summed E-state index contributed by atoms with van der Waals surface area (Å²) in [6, 6.07) is 10.2. The molecule has 0 aliphatic carbocycles. The van der Waals surface area contributed by atoms with E-state index in [4.69, 9.17) is 0 Å². The number of piperazine rings is 1. The van der Waals surface area contributed by atoms with E-state index in [0.717, 1.165) is 0 Å². The van der Waals surface area contributed by atoms with Crippen LogP contribution >= 0.6 is 12.4 Å². The van der Waals surface area contributed by atoms with Gasteiger partial charge in [-0.25, -0.2) is 4.39 Å². The number of pyridine rings is 1. The summed E-state index contributed by atoms with van der Waals surface area (Å²) in [6.45, 7) is 2.46. The minimum Gasteiger partial charge on any atom is -0.366 e. The van der Waals surface area contributed by atoms with Crippen molar-refractivity contribution in [2.45, 2.75) is 0 Å². The lowest BCUT2D eigenvalue weighted by atomic mass is 10.2. The highest BCUT2D eigenvalue weighted by Crippen LogP contribution is 2.20. The number of aromatic nitrogens is 1. The molecule has 6 heteroatoms. The number of hydrogen-bond acceptors (Lipinski definition) is 3. The van der Waals surface area contributed by atoms with Crippen molar-refractivity contribution >= 4 is 24.0 Å². The zero-order valence-electron chi connectivity index (χ0n) is 12.0. The predicted molar refractivity (Wildman–Crippen MR) is 86.0 cm³/mol. The summed E-state index contributed by atoms with van der Waals surface area (Å²) in [5.74, 6) is -0.211. The van der Waals surface area contributed by atoms with Crippen molar-refractivity contribution in [3.8, 4) is 0 Å². The largest absolute Gasteiger partial charge is 0.366 e. The number of amides is 1. The molecule has 22 heavy (non-hydrogen) atoms. The van der Waals surface area contributed by atoms with Crippen molar-refractivity contribution in [1.29, 1.82) is 0 Å². The lowest BCUT2D eigenvalue weighted by molar-refractivity contribution is 0.0746. The maximum Gasteiger partial charge on any atom is 0.254 e. The van der Waals surface area contributed by atoms with Crippen LogP contribution in [0.15, 0.2) is 48.8 Å². The Morgan fingerprint density at radius 3 is 2.27 bits per heavy atom. The Morgan fingerprint density at radius 2 is 1.64 bits per heavy atom. The molecule has 1 fully saturated rings. The van der Waals surface area contributed by atoms with Crippen molar-refractivity contribution < 1.29 is 9.18 Å². The Hall–Kier alpha value is -2.14. The summed E-state index contributed by atoms with van der Waals surface area (Å²) >= 11 is 0. The van der Waals surface area contributed by atoms with Gasteiger partial charge < -0.3 is 9.80 Å². The standard InChI is InChI=1S/C16H16FN3O.ClH/c17-14-3-1-2-4-15(14)19-9-11-20(12-10-19)16(21)13-5-7-18-8-6-13;/h1-8H,9-12H2;1H. The first-order chi connectivity index (χ1) is 10.3. The number of hydrogen-bond donors (Lipinski definition) is 0. The van der Waals surface area contributed by atoms with E-state index in [2.05, 4.69) is 4.98 Å². The van der Waals surface area contributed by atoms with Crippen molar-refractivity contribution in [2.75, 3.05) is 31.1 Å². The van der Waals surface area contributed by atoms with Gasteiger partial charge in [-0.05, 0) is 24.3 Å². The summed E-state index contributed by atoms with van der Waals surface area (Å²) in [7, 11) is 0. The minimum atomic E-state index is -0.216. The Kier molecular flexibility index (Phi) is 5.33. The average Bonchev–Trinajstić information content (AvgIpc) is 2.56. The normalized spacial score (nSPS) is 14.4. The second kappa shape index (κ2) is 7.22. The number of anilines is 1. The Labute approximate surface area is 135 Å². The Morgan fingerprint density at radius 1 is 1.00 bits per heavy atom. The molecule has 4 nitrogen and oxygen atoms in total. The van der Waals surface area contributed by atoms with Crippen molar-refractivity contribution in [2.24, 2.45) is 0 Å². The molecular weight excluding hydrogens is 305 g/mol. The number of rotatable bonds is 2. The number of carbonyl (C=O) groups is 1. The molecule has 0 saturated carbocycles. The topological polar surface area (TPSA) is 36.4 Å². The maximum atomic E-state index is 13.8. The van der Waals surface area contributed by atoms with Crippen molar-refractivity contribution in [3.05, 3.63) is 60.2 Å². The van der Waals surface area contributed by atoms with Crippen LogP contribution in [0.3, 0.4) is 0 Å². The maximum absolute atomic E-state index is 13.8. The fourth-order valence-corrected chi connectivity index (χ4v) is 2.54. The quantitative estimate of drug-likeness (QED) is 0.853.